The molecular weight excluding hydrogens is 148 g/mol. The van der Waals surface area contributed by atoms with Crippen LogP contribution in [0.2, 0.25) is 0 Å². The quantitative estimate of drug-likeness (QED) is 0.446. The Morgan fingerprint density at radius 3 is 2.64 bits per heavy atom. The van der Waals surface area contributed by atoms with Crippen molar-refractivity contribution in [3.63, 3.8) is 0 Å². The van der Waals surface area contributed by atoms with Gasteiger partial charge in [-0.05, 0) is 9.91 Å². The van der Waals surface area contributed by atoms with Crippen LogP contribution >= 0.6 is 0 Å². The third-order valence-corrected chi connectivity index (χ3v) is 1.20. The molecule has 0 fully saturated rings. The Bertz CT molecular complexity index is 267. The van der Waals surface area contributed by atoms with Gasteiger partial charge in [0.05, 0.1) is 0 Å². The molecule has 0 atom stereocenters. The minimum atomic E-state index is -0.528. The molecule has 0 aliphatic rings. The highest BCUT2D eigenvalue weighted by Gasteiger charge is 2.09. The van der Waals surface area contributed by atoms with E-state index < -0.39 is 4.92 Å². The van der Waals surface area contributed by atoms with E-state index in [2.05, 4.69) is 4.98 Å². The highest BCUT2D eigenvalue weighted by atomic mass is 16.6. The van der Waals surface area contributed by atoms with Crippen LogP contribution in [0.5, 0.6) is 0 Å². The fraction of sp³-hybridized carbons (Fsp3) is 0.400. The van der Waals surface area contributed by atoms with Gasteiger partial charge in [-0.15, -0.1) is 0 Å². The van der Waals surface area contributed by atoms with Crippen LogP contribution in [0.25, 0.3) is 0 Å². The summed E-state index contributed by atoms with van der Waals surface area (Å²) >= 11 is 0. The topological polar surface area (TPSA) is 64.2 Å². The highest BCUT2D eigenvalue weighted by Crippen LogP contribution is 2.04. The molecule has 0 N–H and O–H groups in total. The fourth-order valence-electron chi connectivity index (χ4n) is 0.616. The van der Waals surface area contributed by atoms with Gasteiger partial charge in [-0.2, -0.15) is 0 Å². The van der Waals surface area contributed by atoms with E-state index in [9.17, 15) is 10.1 Å². The first-order valence-electron chi connectivity index (χ1n) is 2.97. The van der Waals surface area contributed by atoms with Gasteiger partial charge in [-0.1, -0.05) is 0 Å². The molecule has 0 radical (unpaired) electrons. The van der Waals surface area contributed by atoms with Crippen molar-refractivity contribution >= 4 is 5.82 Å². The van der Waals surface area contributed by atoms with E-state index in [1.807, 2.05) is 0 Å². The van der Waals surface area contributed by atoms with E-state index in [0.29, 0.717) is 0 Å². The van der Waals surface area contributed by atoms with Crippen molar-refractivity contribution in [2.45, 2.75) is 0 Å². The fourth-order valence-corrected chi connectivity index (χ4v) is 0.616. The minimum Gasteiger partial charge on any atom is -0.358 e. The Hall–Kier alpha value is -1.59. The molecular formula is C5H8N4O2. The van der Waals surface area contributed by atoms with Crippen molar-refractivity contribution in [3.8, 4) is 0 Å². The van der Waals surface area contributed by atoms with Gasteiger partial charge in [0.25, 0.3) is 0 Å². The molecule has 6 nitrogen and oxygen atoms in total. The van der Waals surface area contributed by atoms with Crippen molar-refractivity contribution in [1.29, 1.82) is 0 Å². The molecule has 1 rings (SSSR count). The van der Waals surface area contributed by atoms with Gasteiger partial charge >= 0.3 is 5.82 Å². The molecule has 0 bridgehead atoms. The Morgan fingerprint density at radius 2 is 2.36 bits per heavy atom. The summed E-state index contributed by atoms with van der Waals surface area (Å²) in [7, 11) is 3.54. The number of hydrogen-bond donors (Lipinski definition) is 0. The molecule has 60 valence electrons. The van der Waals surface area contributed by atoms with E-state index in [1.54, 1.807) is 19.1 Å². The van der Waals surface area contributed by atoms with Crippen LogP contribution < -0.4 is 5.01 Å². The summed E-state index contributed by atoms with van der Waals surface area (Å²) in [6.45, 7) is 0. The molecule has 0 saturated carbocycles. The number of rotatable bonds is 2. The van der Waals surface area contributed by atoms with Gasteiger partial charge in [0.1, 0.15) is 6.20 Å². The molecule has 6 heteroatoms. The van der Waals surface area contributed by atoms with Crippen molar-refractivity contribution in [2.24, 2.45) is 0 Å². The maximum absolute atomic E-state index is 10.1. The van der Waals surface area contributed by atoms with Crippen molar-refractivity contribution in [2.75, 3.05) is 19.1 Å². The second-order valence-corrected chi connectivity index (χ2v) is 2.22. The monoisotopic (exact) mass is 156 g/mol. The Balaban J connectivity index is 2.90. The van der Waals surface area contributed by atoms with Crippen LogP contribution in [0.1, 0.15) is 0 Å². The number of aromatic nitrogens is 2. The smallest absolute Gasteiger partial charge is 0.358 e. The molecule has 0 aliphatic heterocycles. The maximum atomic E-state index is 10.1. The van der Waals surface area contributed by atoms with Gasteiger partial charge in [0, 0.05) is 14.1 Å². The van der Waals surface area contributed by atoms with Crippen LogP contribution in [0.4, 0.5) is 5.82 Å². The average Bonchev–Trinajstić information content (AvgIpc) is 2.33. The summed E-state index contributed by atoms with van der Waals surface area (Å²) in [6.07, 6.45) is 2.73. The third kappa shape index (κ3) is 1.46. The lowest BCUT2D eigenvalue weighted by Gasteiger charge is -2.09. The van der Waals surface area contributed by atoms with E-state index in [-0.39, 0.29) is 5.82 Å². The summed E-state index contributed by atoms with van der Waals surface area (Å²) in [5.74, 6) is -0.140. The molecule has 0 aromatic carbocycles. The second kappa shape index (κ2) is 2.57. The molecule has 1 aromatic rings. The van der Waals surface area contributed by atoms with Gasteiger partial charge in [0.2, 0.25) is 6.33 Å². The molecule has 1 heterocycles. The number of imidazole rings is 1. The predicted molar refractivity (Wildman–Crippen MR) is 38.9 cm³/mol. The van der Waals surface area contributed by atoms with Crippen LogP contribution in [0.3, 0.4) is 0 Å². The second-order valence-electron chi connectivity index (χ2n) is 2.22. The normalized spacial score (nSPS) is 9.64. The Morgan fingerprint density at radius 1 is 1.73 bits per heavy atom. The molecule has 0 aliphatic carbocycles. The summed E-state index contributed by atoms with van der Waals surface area (Å²) in [4.78, 5) is 13.2. The van der Waals surface area contributed by atoms with Crippen LogP contribution in [0.15, 0.2) is 12.5 Å². The Labute approximate surface area is 63.2 Å². The first-order valence-corrected chi connectivity index (χ1v) is 2.97. The van der Waals surface area contributed by atoms with E-state index in [4.69, 9.17) is 0 Å². The summed E-state index contributed by atoms with van der Waals surface area (Å²) in [5.41, 5.74) is 0. The lowest BCUT2D eigenvalue weighted by Crippen LogP contribution is -2.22. The number of hydrogen-bond acceptors (Lipinski definition) is 4. The first kappa shape index (κ1) is 7.52. The predicted octanol–water partition coefficient (Wildman–Crippen LogP) is -0.0111. The van der Waals surface area contributed by atoms with E-state index in [1.165, 1.54) is 17.2 Å². The average molecular weight is 156 g/mol. The minimum absolute atomic E-state index is 0.140. The largest absolute Gasteiger partial charge is 0.383 e. The molecule has 0 spiro atoms. The van der Waals surface area contributed by atoms with Crippen LogP contribution in [0, 0.1) is 10.1 Å². The molecule has 0 saturated heterocycles. The van der Waals surface area contributed by atoms with E-state index >= 15 is 0 Å². The van der Waals surface area contributed by atoms with Crippen molar-refractivity contribution in [3.05, 3.63) is 22.6 Å². The lowest BCUT2D eigenvalue weighted by atomic mass is 10.8. The molecule has 11 heavy (non-hydrogen) atoms. The number of nitrogens with zero attached hydrogens (tertiary/aromatic N) is 4. The molecule has 0 unspecified atom stereocenters. The van der Waals surface area contributed by atoms with Gasteiger partial charge in [-0.3, -0.25) is 0 Å². The molecule has 0 amide bonds. The first-order chi connectivity index (χ1) is 5.11. The zero-order valence-electron chi connectivity index (χ0n) is 6.26. The zero-order valence-corrected chi connectivity index (χ0v) is 6.26. The third-order valence-electron chi connectivity index (χ3n) is 1.20. The van der Waals surface area contributed by atoms with Gasteiger partial charge in [0.15, 0.2) is 0 Å². The summed E-state index contributed by atoms with van der Waals surface area (Å²) < 4.78 is 1.53. The lowest BCUT2D eigenvalue weighted by molar-refractivity contribution is -0.389. The van der Waals surface area contributed by atoms with Crippen molar-refractivity contribution in [1.82, 2.24) is 9.66 Å². The highest BCUT2D eigenvalue weighted by molar-refractivity contribution is 5.13. The summed E-state index contributed by atoms with van der Waals surface area (Å²) in [5, 5.41) is 11.8. The Kier molecular flexibility index (Phi) is 1.75. The number of nitro groups is 1. The standard InChI is InChI=1S/C5H8N4O2/c1-7(2)8-3-5(6-4-8)9(10)11/h3-4H,1-2H3. The van der Waals surface area contributed by atoms with E-state index in [0.717, 1.165) is 0 Å². The molecule has 1 aromatic heterocycles. The zero-order chi connectivity index (χ0) is 8.43. The van der Waals surface area contributed by atoms with Crippen LogP contribution in [-0.4, -0.2) is 28.7 Å². The maximum Gasteiger partial charge on any atom is 0.383 e. The van der Waals surface area contributed by atoms with Crippen molar-refractivity contribution < 1.29 is 4.92 Å². The van der Waals surface area contributed by atoms with Gasteiger partial charge < -0.3 is 15.1 Å². The summed E-state index contributed by atoms with van der Waals surface area (Å²) in [6, 6.07) is 0. The van der Waals surface area contributed by atoms with Crippen LogP contribution in [-0.2, 0) is 0 Å². The SMILES string of the molecule is CN(C)n1cnc([N+](=O)[O-])c1. The van der Waals surface area contributed by atoms with Gasteiger partial charge in [-0.25, -0.2) is 4.68 Å².